The molecule has 3 aromatic carbocycles. The van der Waals surface area contributed by atoms with Crippen LogP contribution in [0.15, 0.2) is 97.3 Å². The second kappa shape index (κ2) is 15.2. The quantitative estimate of drug-likeness (QED) is 0.210. The van der Waals surface area contributed by atoms with Gasteiger partial charge in [0.1, 0.15) is 0 Å². The maximum atomic E-state index is 13.3. The third kappa shape index (κ3) is 8.02. The molecule has 0 atom stereocenters. The molecule has 0 spiro atoms. The van der Waals surface area contributed by atoms with E-state index < -0.39 is 6.09 Å². The summed E-state index contributed by atoms with van der Waals surface area (Å²) in [6, 6.07) is 28.6. The fraction of sp³-hybridized carbons (Fsp3) is 0.306. The van der Waals surface area contributed by atoms with Crippen LogP contribution in [0.1, 0.15) is 40.7 Å². The lowest BCUT2D eigenvalue weighted by molar-refractivity contribution is 0.0741. The molecule has 2 heterocycles. The average molecular weight is 592 g/mol. The van der Waals surface area contributed by atoms with Crippen molar-refractivity contribution in [1.82, 2.24) is 9.88 Å². The van der Waals surface area contributed by atoms with Crippen LogP contribution in [0.2, 0.25) is 0 Å². The van der Waals surface area contributed by atoms with Gasteiger partial charge in [-0.15, -0.1) is 0 Å². The largest absolute Gasteiger partial charge is 0.453 e. The Balaban J connectivity index is 1.34. The van der Waals surface area contributed by atoms with Crippen molar-refractivity contribution in [3.8, 4) is 11.1 Å². The number of amides is 2. The van der Waals surface area contributed by atoms with Crippen LogP contribution in [0.5, 0.6) is 0 Å². The van der Waals surface area contributed by atoms with Gasteiger partial charge in [-0.2, -0.15) is 0 Å². The molecule has 0 aliphatic carbocycles. The second-order valence-corrected chi connectivity index (χ2v) is 11.3. The summed E-state index contributed by atoms with van der Waals surface area (Å²) in [6.45, 7) is 3.35. The van der Waals surface area contributed by atoms with E-state index in [0.717, 1.165) is 60.4 Å². The van der Waals surface area contributed by atoms with Crippen molar-refractivity contribution in [2.45, 2.75) is 32.2 Å². The number of ether oxygens (including phenoxy) is 1. The minimum atomic E-state index is -0.499. The zero-order valence-corrected chi connectivity index (χ0v) is 25.3. The third-order valence-corrected chi connectivity index (χ3v) is 8.20. The molecule has 8 heteroatoms. The van der Waals surface area contributed by atoms with Gasteiger partial charge in [-0.3, -0.25) is 15.1 Å². The highest BCUT2D eigenvalue weighted by Gasteiger charge is 2.23. The van der Waals surface area contributed by atoms with E-state index in [-0.39, 0.29) is 5.91 Å². The normalized spacial score (nSPS) is 13.4. The average Bonchev–Trinajstić information content (AvgIpc) is 3.07. The number of hydrogen-bond donors (Lipinski definition) is 2. The van der Waals surface area contributed by atoms with Crippen LogP contribution in [0.25, 0.3) is 11.1 Å². The van der Waals surface area contributed by atoms with Crippen molar-refractivity contribution < 1.29 is 14.3 Å². The van der Waals surface area contributed by atoms with Gasteiger partial charge in [0, 0.05) is 38.6 Å². The topological polar surface area (TPSA) is 101 Å². The maximum Gasteiger partial charge on any atom is 0.411 e. The molecule has 0 bridgehead atoms. The number of nitrogens with one attached hydrogen (secondary N) is 1. The molecule has 8 nitrogen and oxygen atoms in total. The number of aromatic nitrogens is 1. The van der Waals surface area contributed by atoms with Crippen molar-refractivity contribution in [1.29, 1.82) is 0 Å². The number of nitrogens with zero attached hydrogens (tertiary/aromatic N) is 3. The molecular weight excluding hydrogens is 550 g/mol. The zero-order valence-electron chi connectivity index (χ0n) is 25.3. The molecule has 1 saturated heterocycles. The molecule has 3 N–H and O–H groups in total. The Morgan fingerprint density at radius 1 is 0.955 bits per heavy atom. The van der Waals surface area contributed by atoms with Crippen molar-refractivity contribution in [2.75, 3.05) is 43.5 Å². The SMILES string of the molecule is COC(=O)Nc1cc(-c2cccc(CN(CCCN)C(=O)c3cccnc3)c2)ccc1N1CCC(Cc2ccccc2)CC1. The van der Waals surface area contributed by atoms with E-state index in [9.17, 15) is 9.59 Å². The molecule has 1 aliphatic rings. The summed E-state index contributed by atoms with van der Waals surface area (Å²) in [6.07, 6.45) is 6.74. The van der Waals surface area contributed by atoms with Crippen LogP contribution in [-0.4, -0.2) is 55.2 Å². The molecule has 5 rings (SSSR count). The first-order valence-corrected chi connectivity index (χ1v) is 15.3. The van der Waals surface area contributed by atoms with Crippen molar-refractivity contribution >= 4 is 23.4 Å². The molecule has 228 valence electrons. The number of anilines is 2. The van der Waals surface area contributed by atoms with E-state index in [2.05, 4.69) is 63.7 Å². The zero-order chi connectivity index (χ0) is 30.7. The molecule has 0 saturated carbocycles. The van der Waals surface area contributed by atoms with Crippen molar-refractivity contribution in [3.63, 3.8) is 0 Å². The third-order valence-electron chi connectivity index (χ3n) is 8.20. The van der Waals surface area contributed by atoms with Gasteiger partial charge in [0.2, 0.25) is 0 Å². The van der Waals surface area contributed by atoms with E-state index in [1.54, 1.807) is 24.5 Å². The predicted molar refractivity (Wildman–Crippen MR) is 176 cm³/mol. The monoisotopic (exact) mass is 591 g/mol. The van der Waals surface area contributed by atoms with E-state index in [0.29, 0.717) is 37.5 Å². The maximum absolute atomic E-state index is 13.3. The highest BCUT2D eigenvalue weighted by atomic mass is 16.5. The van der Waals surface area contributed by atoms with Crippen LogP contribution in [0.3, 0.4) is 0 Å². The summed E-state index contributed by atoms with van der Waals surface area (Å²) in [4.78, 5) is 33.9. The molecular formula is C36H41N5O3. The molecule has 1 aliphatic heterocycles. The first-order valence-electron chi connectivity index (χ1n) is 15.3. The number of piperidine rings is 1. The molecule has 0 radical (unpaired) electrons. The first-order chi connectivity index (χ1) is 21.5. The summed E-state index contributed by atoms with van der Waals surface area (Å²) >= 11 is 0. The van der Waals surface area contributed by atoms with Gasteiger partial charge in [-0.1, -0.05) is 54.6 Å². The van der Waals surface area contributed by atoms with Gasteiger partial charge in [0.15, 0.2) is 0 Å². The van der Waals surface area contributed by atoms with Crippen molar-refractivity contribution in [2.24, 2.45) is 11.7 Å². The fourth-order valence-electron chi connectivity index (χ4n) is 5.85. The van der Waals surface area contributed by atoms with E-state index in [4.69, 9.17) is 10.5 Å². The number of rotatable bonds is 11. The molecule has 44 heavy (non-hydrogen) atoms. The Kier molecular flexibility index (Phi) is 10.6. The van der Waals surface area contributed by atoms with Gasteiger partial charge in [0.25, 0.3) is 5.91 Å². The number of benzene rings is 3. The van der Waals surface area contributed by atoms with Gasteiger partial charge in [-0.05, 0) is 90.7 Å². The number of methoxy groups -OCH3 is 1. The lowest BCUT2D eigenvalue weighted by Crippen LogP contribution is -2.35. The van der Waals surface area contributed by atoms with Crippen LogP contribution < -0.4 is 16.0 Å². The highest BCUT2D eigenvalue weighted by Crippen LogP contribution is 2.35. The number of nitrogens with two attached hydrogens (primary N) is 1. The second-order valence-electron chi connectivity index (χ2n) is 11.3. The molecule has 4 aromatic rings. The number of hydrogen-bond acceptors (Lipinski definition) is 6. The minimum Gasteiger partial charge on any atom is -0.453 e. The fourth-order valence-corrected chi connectivity index (χ4v) is 5.85. The number of pyridine rings is 1. The standard InChI is InChI=1S/C36H41N5O3/c1-44-36(43)39-33-24-31(13-14-34(33)40-20-15-28(16-21-40)22-27-8-3-2-4-9-27)30-11-5-10-29(23-30)26-41(19-7-17-37)35(42)32-12-6-18-38-25-32/h2-6,8-14,18,23-25,28H,7,15-17,19-22,26,37H2,1H3,(H,39,43). The van der Waals surface area contributed by atoms with Crippen molar-refractivity contribution in [3.05, 3.63) is 114 Å². The Morgan fingerprint density at radius 2 is 1.73 bits per heavy atom. The summed E-state index contributed by atoms with van der Waals surface area (Å²) in [5.41, 5.74) is 12.4. The van der Waals surface area contributed by atoms with Crippen LogP contribution >= 0.6 is 0 Å². The summed E-state index contributed by atoms with van der Waals surface area (Å²) in [5.74, 6) is 0.570. The predicted octanol–water partition coefficient (Wildman–Crippen LogP) is 6.38. The lowest BCUT2D eigenvalue weighted by atomic mass is 9.90. The van der Waals surface area contributed by atoms with E-state index >= 15 is 0 Å². The Bertz CT molecular complexity index is 1520. The number of carbonyl (C=O) groups is 2. The van der Waals surface area contributed by atoms with Crippen LogP contribution in [0, 0.1) is 5.92 Å². The van der Waals surface area contributed by atoms with Gasteiger partial charge in [-0.25, -0.2) is 4.79 Å². The highest BCUT2D eigenvalue weighted by molar-refractivity contribution is 5.94. The molecule has 1 aromatic heterocycles. The Hall–Kier alpha value is -4.69. The van der Waals surface area contributed by atoms with E-state index in [1.807, 2.05) is 29.2 Å². The van der Waals surface area contributed by atoms with Crippen LogP contribution in [0.4, 0.5) is 16.2 Å². The van der Waals surface area contributed by atoms with Crippen LogP contribution in [-0.2, 0) is 17.7 Å². The lowest BCUT2D eigenvalue weighted by Gasteiger charge is -2.35. The van der Waals surface area contributed by atoms with Gasteiger partial charge < -0.3 is 20.3 Å². The summed E-state index contributed by atoms with van der Waals surface area (Å²) in [7, 11) is 1.38. The smallest absolute Gasteiger partial charge is 0.411 e. The molecule has 1 fully saturated rings. The molecule has 0 unspecified atom stereocenters. The molecule has 2 amide bonds. The minimum absolute atomic E-state index is 0.0709. The summed E-state index contributed by atoms with van der Waals surface area (Å²) < 4.78 is 4.96. The number of carbonyl (C=O) groups excluding carboxylic acids is 2. The Labute approximate surface area is 259 Å². The summed E-state index contributed by atoms with van der Waals surface area (Å²) in [5, 5.41) is 2.95. The van der Waals surface area contributed by atoms with E-state index in [1.165, 1.54) is 12.7 Å². The van der Waals surface area contributed by atoms with Gasteiger partial charge in [0.05, 0.1) is 24.0 Å². The Morgan fingerprint density at radius 3 is 2.45 bits per heavy atom. The first kappa shape index (κ1) is 30.8. The van der Waals surface area contributed by atoms with Gasteiger partial charge >= 0.3 is 6.09 Å².